The minimum Gasteiger partial charge on any atom is -0.455 e. The van der Waals surface area contributed by atoms with Gasteiger partial charge < -0.3 is 23.7 Å². The van der Waals surface area contributed by atoms with Crippen molar-refractivity contribution in [3.63, 3.8) is 0 Å². The maximum absolute atomic E-state index is 11.9. The molecule has 2 heterocycles. The highest BCUT2D eigenvalue weighted by Gasteiger charge is 2.60. The van der Waals surface area contributed by atoms with E-state index in [1.54, 1.807) is 24.3 Å². The van der Waals surface area contributed by atoms with Crippen molar-refractivity contribution in [2.45, 2.75) is 44.0 Å². The summed E-state index contributed by atoms with van der Waals surface area (Å²) in [5.41, 5.74) is -1.96. The number of nitrogens with zero attached hydrogens (tertiary/aromatic N) is 1. The first-order chi connectivity index (χ1) is 13.2. The molecule has 1 aromatic heterocycles. The van der Waals surface area contributed by atoms with Gasteiger partial charge in [-0.05, 0) is 12.1 Å². The van der Waals surface area contributed by atoms with Gasteiger partial charge in [-0.3, -0.25) is 14.4 Å². The molecular formula is C18H19NO8S. The number of ether oxygens (including phenoxy) is 3. The number of carbonyl (C=O) groups is 3. The van der Waals surface area contributed by atoms with Gasteiger partial charge in [0.25, 0.3) is 0 Å². The van der Waals surface area contributed by atoms with Crippen molar-refractivity contribution in [1.29, 1.82) is 0 Å². The molecule has 1 fully saturated rings. The zero-order valence-corrected chi connectivity index (χ0v) is 16.2. The Kier molecular flexibility index (Phi) is 5.61. The van der Waals surface area contributed by atoms with Crippen LogP contribution in [0.1, 0.15) is 26.7 Å². The van der Waals surface area contributed by atoms with Gasteiger partial charge in [-0.25, -0.2) is 4.98 Å². The SMILES string of the molecule is CC(=O)O[C@@H]1[C@@H](OC(C)=O)[C@@](OC(C)=O)(c2nc3ccccc3o2)CS[C@@H]1O. The summed E-state index contributed by atoms with van der Waals surface area (Å²) >= 11 is 0.962. The third-order valence-electron chi connectivity index (χ3n) is 4.08. The van der Waals surface area contributed by atoms with Crippen LogP contribution < -0.4 is 0 Å². The predicted molar refractivity (Wildman–Crippen MR) is 97.0 cm³/mol. The minimum absolute atomic E-state index is 0.0216. The molecule has 0 unspecified atom stereocenters. The largest absolute Gasteiger partial charge is 0.455 e. The zero-order valence-electron chi connectivity index (χ0n) is 15.4. The normalized spacial score (nSPS) is 27.2. The maximum Gasteiger partial charge on any atom is 0.303 e. The van der Waals surface area contributed by atoms with Gasteiger partial charge in [-0.2, -0.15) is 0 Å². The number of aromatic nitrogens is 1. The van der Waals surface area contributed by atoms with E-state index < -0.39 is 41.2 Å². The summed E-state index contributed by atoms with van der Waals surface area (Å²) in [6.07, 6.45) is -2.66. The lowest BCUT2D eigenvalue weighted by atomic mass is 9.92. The molecular weight excluding hydrogens is 390 g/mol. The number of esters is 3. The van der Waals surface area contributed by atoms with Crippen LogP contribution in [0, 0.1) is 0 Å². The van der Waals surface area contributed by atoms with Crippen molar-refractivity contribution in [2.24, 2.45) is 0 Å². The van der Waals surface area contributed by atoms with E-state index in [4.69, 9.17) is 18.6 Å². The Morgan fingerprint density at radius 3 is 2.43 bits per heavy atom. The summed E-state index contributed by atoms with van der Waals surface area (Å²) in [5, 5.41) is 10.4. The van der Waals surface area contributed by atoms with Gasteiger partial charge in [0.15, 0.2) is 17.8 Å². The fourth-order valence-corrected chi connectivity index (χ4v) is 4.23. The van der Waals surface area contributed by atoms with Crippen LogP contribution in [0.15, 0.2) is 28.7 Å². The summed E-state index contributed by atoms with van der Waals surface area (Å²) in [6.45, 7) is 3.50. The molecule has 0 spiro atoms. The van der Waals surface area contributed by atoms with E-state index >= 15 is 0 Å². The van der Waals surface area contributed by atoms with Gasteiger partial charge in [0.05, 0.1) is 0 Å². The molecule has 28 heavy (non-hydrogen) atoms. The van der Waals surface area contributed by atoms with E-state index in [1.807, 2.05) is 0 Å². The molecule has 1 aliphatic heterocycles. The average Bonchev–Trinajstić information content (AvgIpc) is 3.04. The lowest BCUT2D eigenvalue weighted by Crippen LogP contribution is -2.60. The van der Waals surface area contributed by atoms with Gasteiger partial charge in [0.1, 0.15) is 11.0 Å². The van der Waals surface area contributed by atoms with E-state index in [9.17, 15) is 19.5 Å². The van der Waals surface area contributed by atoms with E-state index in [2.05, 4.69) is 4.98 Å². The van der Waals surface area contributed by atoms with Crippen molar-refractivity contribution in [2.75, 3.05) is 5.75 Å². The van der Waals surface area contributed by atoms with Crippen LogP contribution in [0.5, 0.6) is 0 Å². The van der Waals surface area contributed by atoms with Crippen molar-refractivity contribution < 1.29 is 38.1 Å². The fraction of sp³-hybridized carbons (Fsp3) is 0.444. The number of thioether (sulfide) groups is 1. The average molecular weight is 409 g/mol. The Hall–Kier alpha value is -2.59. The summed E-state index contributed by atoms with van der Waals surface area (Å²) in [7, 11) is 0. The van der Waals surface area contributed by atoms with Gasteiger partial charge in [0.2, 0.25) is 11.5 Å². The van der Waals surface area contributed by atoms with Gasteiger partial charge in [-0.1, -0.05) is 12.1 Å². The highest BCUT2D eigenvalue weighted by molar-refractivity contribution is 7.99. The lowest BCUT2D eigenvalue weighted by Gasteiger charge is -2.44. The van der Waals surface area contributed by atoms with E-state index in [0.717, 1.165) is 25.6 Å². The zero-order chi connectivity index (χ0) is 20.5. The molecule has 0 aliphatic carbocycles. The molecule has 2 aromatic rings. The number of benzene rings is 1. The quantitative estimate of drug-likeness (QED) is 0.587. The van der Waals surface area contributed by atoms with E-state index in [1.165, 1.54) is 6.92 Å². The number of aliphatic hydroxyl groups excluding tert-OH is 1. The first-order valence-corrected chi connectivity index (χ1v) is 9.47. The summed E-state index contributed by atoms with van der Waals surface area (Å²) in [6, 6.07) is 6.90. The van der Waals surface area contributed by atoms with Crippen LogP contribution in [-0.4, -0.2) is 51.4 Å². The third-order valence-corrected chi connectivity index (χ3v) is 5.29. The molecule has 0 bridgehead atoms. The van der Waals surface area contributed by atoms with Crippen molar-refractivity contribution in [1.82, 2.24) is 4.98 Å². The maximum atomic E-state index is 11.9. The fourth-order valence-electron chi connectivity index (χ4n) is 3.08. The number of rotatable bonds is 4. The highest BCUT2D eigenvalue weighted by atomic mass is 32.2. The van der Waals surface area contributed by atoms with Crippen LogP contribution in [0.2, 0.25) is 0 Å². The number of aliphatic hydroxyl groups is 1. The third kappa shape index (κ3) is 3.83. The van der Waals surface area contributed by atoms with Crippen molar-refractivity contribution >= 4 is 40.8 Å². The molecule has 150 valence electrons. The first-order valence-electron chi connectivity index (χ1n) is 8.42. The van der Waals surface area contributed by atoms with Crippen LogP contribution in [-0.2, 0) is 34.2 Å². The number of hydrogen-bond donors (Lipinski definition) is 1. The number of carbonyl (C=O) groups excluding carboxylic acids is 3. The highest BCUT2D eigenvalue weighted by Crippen LogP contribution is 2.45. The summed E-state index contributed by atoms with van der Waals surface area (Å²) in [4.78, 5) is 39.7. The Bertz CT molecular complexity index is 879. The Balaban J connectivity index is 2.17. The second-order valence-electron chi connectivity index (χ2n) is 6.28. The molecule has 9 nitrogen and oxygen atoms in total. The molecule has 1 N–H and O–H groups in total. The molecule has 0 radical (unpaired) electrons. The number of oxazole rings is 1. The Morgan fingerprint density at radius 2 is 1.82 bits per heavy atom. The second-order valence-corrected chi connectivity index (χ2v) is 7.38. The molecule has 1 aliphatic rings. The van der Waals surface area contributed by atoms with Crippen LogP contribution >= 0.6 is 11.8 Å². The van der Waals surface area contributed by atoms with Crippen molar-refractivity contribution in [3.05, 3.63) is 30.2 Å². The molecule has 10 heteroatoms. The second kappa shape index (κ2) is 7.80. The lowest BCUT2D eigenvalue weighted by molar-refractivity contribution is -0.213. The molecule has 0 amide bonds. The number of hydrogen-bond acceptors (Lipinski definition) is 10. The minimum atomic E-state index is -1.69. The molecule has 3 rings (SSSR count). The Labute approximate surface area is 164 Å². The van der Waals surface area contributed by atoms with Gasteiger partial charge in [-0.15, -0.1) is 11.8 Å². The molecule has 4 atom stereocenters. The standard InChI is InChI=1S/C18H19NO8S/c1-9(20)24-14-15(25-10(2)21)18(27-11(3)22,8-28-16(14)23)17-19-12-6-4-5-7-13(12)26-17/h4-7,14-16,23H,8H2,1-3H3/t14-,15-,16+,18-/m1/s1. The van der Waals surface area contributed by atoms with Crippen LogP contribution in [0.4, 0.5) is 0 Å². The molecule has 1 aromatic carbocycles. The van der Waals surface area contributed by atoms with E-state index in [-0.39, 0.29) is 11.6 Å². The predicted octanol–water partition coefficient (Wildman–Crippen LogP) is 1.51. The molecule has 0 saturated carbocycles. The van der Waals surface area contributed by atoms with Crippen LogP contribution in [0.3, 0.4) is 0 Å². The topological polar surface area (TPSA) is 125 Å². The first kappa shape index (κ1) is 20.2. The smallest absolute Gasteiger partial charge is 0.303 e. The monoisotopic (exact) mass is 409 g/mol. The summed E-state index contributed by atoms with van der Waals surface area (Å²) < 4.78 is 21.9. The Morgan fingerprint density at radius 1 is 1.14 bits per heavy atom. The number of fused-ring (bicyclic) bond motifs is 1. The van der Waals surface area contributed by atoms with Crippen LogP contribution in [0.25, 0.3) is 11.1 Å². The number of para-hydroxylation sites is 2. The molecule has 1 saturated heterocycles. The van der Waals surface area contributed by atoms with Crippen molar-refractivity contribution in [3.8, 4) is 0 Å². The van der Waals surface area contributed by atoms with Gasteiger partial charge in [0, 0.05) is 26.5 Å². The van der Waals surface area contributed by atoms with Gasteiger partial charge >= 0.3 is 17.9 Å². The summed E-state index contributed by atoms with van der Waals surface area (Å²) in [5.74, 6) is -2.15. The van der Waals surface area contributed by atoms with E-state index in [0.29, 0.717) is 11.1 Å².